The number of carbonyl (C=O) groups excluding carboxylic acids is 1. The number of ether oxygens (including phenoxy) is 2. The molecule has 112 valence electrons. The third-order valence-corrected chi connectivity index (χ3v) is 3.54. The van der Waals surface area contributed by atoms with E-state index in [9.17, 15) is 4.79 Å². The minimum atomic E-state index is -0.296. The van der Waals surface area contributed by atoms with E-state index in [2.05, 4.69) is 11.6 Å². The van der Waals surface area contributed by atoms with Gasteiger partial charge in [0.25, 0.3) is 0 Å². The summed E-state index contributed by atoms with van der Waals surface area (Å²) in [6.45, 7) is 2.23. The first-order valence-electron chi connectivity index (χ1n) is 6.77. The quantitative estimate of drug-likeness (QED) is 0.560. The summed E-state index contributed by atoms with van der Waals surface area (Å²) in [4.78, 5) is 11.9. The van der Waals surface area contributed by atoms with Crippen molar-refractivity contribution in [3.8, 4) is 5.75 Å². The smallest absolute Gasteiger partial charge is 0.328 e. The van der Waals surface area contributed by atoms with Gasteiger partial charge in [0.15, 0.2) is 0 Å². The molecule has 5 heteroatoms. The zero-order chi connectivity index (χ0) is 14.8. The van der Waals surface area contributed by atoms with Gasteiger partial charge in [0.2, 0.25) is 0 Å². The Morgan fingerprint density at radius 2 is 2.05 bits per heavy atom. The van der Waals surface area contributed by atoms with Crippen LogP contribution in [0.3, 0.4) is 0 Å². The van der Waals surface area contributed by atoms with E-state index >= 15 is 0 Å². The van der Waals surface area contributed by atoms with Gasteiger partial charge < -0.3 is 14.8 Å². The fourth-order valence-corrected chi connectivity index (χ4v) is 2.27. The molecule has 0 heterocycles. The van der Waals surface area contributed by atoms with Gasteiger partial charge in [0.1, 0.15) is 11.8 Å². The number of nitrogens with one attached hydrogen (secondary N) is 1. The molecule has 0 aliphatic heterocycles. The normalized spacial score (nSPS) is 11.8. The number of rotatable bonds is 9. The monoisotopic (exact) mass is 297 g/mol. The Labute approximate surface area is 125 Å². The van der Waals surface area contributed by atoms with E-state index in [0.29, 0.717) is 6.61 Å². The number of anilines is 1. The van der Waals surface area contributed by atoms with Gasteiger partial charge in [-0.25, -0.2) is 4.79 Å². The highest BCUT2D eigenvalue weighted by Gasteiger charge is 2.19. The van der Waals surface area contributed by atoms with Crippen molar-refractivity contribution in [2.75, 3.05) is 31.0 Å². The maximum absolute atomic E-state index is 11.9. The van der Waals surface area contributed by atoms with E-state index < -0.39 is 0 Å². The molecule has 1 unspecified atom stereocenters. The van der Waals surface area contributed by atoms with Crippen LogP contribution in [0.4, 0.5) is 5.69 Å². The van der Waals surface area contributed by atoms with Crippen molar-refractivity contribution < 1.29 is 14.3 Å². The van der Waals surface area contributed by atoms with Gasteiger partial charge in [-0.3, -0.25) is 0 Å². The summed E-state index contributed by atoms with van der Waals surface area (Å²) in [5.41, 5.74) is 0.896. The van der Waals surface area contributed by atoms with Crippen molar-refractivity contribution in [2.45, 2.75) is 25.8 Å². The third kappa shape index (κ3) is 5.74. The molecule has 1 aromatic carbocycles. The molecule has 0 radical (unpaired) electrons. The van der Waals surface area contributed by atoms with Crippen LogP contribution in [-0.2, 0) is 9.53 Å². The summed E-state index contributed by atoms with van der Waals surface area (Å²) in [5, 5.41) is 3.23. The van der Waals surface area contributed by atoms with Crippen molar-refractivity contribution in [3.05, 3.63) is 24.3 Å². The van der Waals surface area contributed by atoms with Gasteiger partial charge in [0, 0.05) is 5.69 Å². The molecule has 0 fully saturated rings. The number of hydrogen-bond donors (Lipinski definition) is 1. The SMILES string of the molecule is CCOC(=O)C(CCCSC)Nc1ccc(OC)cc1. The van der Waals surface area contributed by atoms with Crippen LogP contribution < -0.4 is 10.1 Å². The second-order valence-corrected chi connectivity index (χ2v) is 5.30. The Balaban J connectivity index is 2.63. The van der Waals surface area contributed by atoms with Crippen molar-refractivity contribution >= 4 is 23.4 Å². The molecule has 0 aromatic heterocycles. The molecule has 0 saturated heterocycles. The minimum absolute atomic E-state index is 0.190. The van der Waals surface area contributed by atoms with Crippen LogP contribution in [0, 0.1) is 0 Å². The molecule has 1 N–H and O–H groups in total. The molecule has 0 spiro atoms. The van der Waals surface area contributed by atoms with Crippen LogP contribution in [0.2, 0.25) is 0 Å². The Morgan fingerprint density at radius 1 is 1.35 bits per heavy atom. The van der Waals surface area contributed by atoms with E-state index in [4.69, 9.17) is 9.47 Å². The summed E-state index contributed by atoms with van der Waals surface area (Å²) in [7, 11) is 1.63. The average molecular weight is 297 g/mol. The Hall–Kier alpha value is -1.36. The molecule has 20 heavy (non-hydrogen) atoms. The Morgan fingerprint density at radius 3 is 2.60 bits per heavy atom. The minimum Gasteiger partial charge on any atom is -0.497 e. The maximum Gasteiger partial charge on any atom is 0.328 e. The zero-order valence-electron chi connectivity index (χ0n) is 12.3. The topological polar surface area (TPSA) is 47.6 Å². The molecule has 0 bridgehead atoms. The lowest BCUT2D eigenvalue weighted by atomic mass is 10.1. The van der Waals surface area contributed by atoms with Gasteiger partial charge >= 0.3 is 5.97 Å². The van der Waals surface area contributed by atoms with E-state index in [-0.39, 0.29) is 12.0 Å². The van der Waals surface area contributed by atoms with E-state index in [1.54, 1.807) is 18.9 Å². The highest BCUT2D eigenvalue weighted by atomic mass is 32.2. The lowest BCUT2D eigenvalue weighted by molar-refractivity contribution is -0.144. The number of carbonyl (C=O) groups is 1. The fourth-order valence-electron chi connectivity index (χ4n) is 1.81. The first-order chi connectivity index (χ1) is 9.71. The van der Waals surface area contributed by atoms with Gasteiger partial charge in [-0.05, 0) is 56.0 Å². The van der Waals surface area contributed by atoms with Crippen LogP contribution in [0.5, 0.6) is 5.75 Å². The highest BCUT2D eigenvalue weighted by Crippen LogP contribution is 2.17. The van der Waals surface area contributed by atoms with Crippen molar-refractivity contribution in [2.24, 2.45) is 0 Å². The molecule has 0 aliphatic rings. The lowest BCUT2D eigenvalue weighted by Gasteiger charge is -2.18. The molecule has 4 nitrogen and oxygen atoms in total. The molecule has 1 rings (SSSR count). The van der Waals surface area contributed by atoms with Crippen LogP contribution in [0.1, 0.15) is 19.8 Å². The second-order valence-electron chi connectivity index (χ2n) is 4.31. The van der Waals surface area contributed by atoms with Crippen molar-refractivity contribution in [1.29, 1.82) is 0 Å². The Bertz CT molecular complexity index is 395. The summed E-state index contributed by atoms with van der Waals surface area (Å²) >= 11 is 1.78. The van der Waals surface area contributed by atoms with Crippen LogP contribution in [-0.4, -0.2) is 37.7 Å². The number of hydrogen-bond acceptors (Lipinski definition) is 5. The highest BCUT2D eigenvalue weighted by molar-refractivity contribution is 7.98. The van der Waals surface area contributed by atoms with Gasteiger partial charge in [-0.15, -0.1) is 0 Å². The number of benzene rings is 1. The number of thioether (sulfide) groups is 1. The first kappa shape index (κ1) is 16.7. The second kappa shape index (κ2) is 9.53. The van der Waals surface area contributed by atoms with Crippen LogP contribution >= 0.6 is 11.8 Å². The molecular formula is C15H23NO3S. The van der Waals surface area contributed by atoms with Gasteiger partial charge in [-0.2, -0.15) is 11.8 Å². The summed E-state index contributed by atoms with van der Waals surface area (Å²) in [5.74, 6) is 1.65. The molecule has 1 atom stereocenters. The van der Waals surface area contributed by atoms with Gasteiger partial charge in [0.05, 0.1) is 13.7 Å². The van der Waals surface area contributed by atoms with Crippen LogP contribution in [0.25, 0.3) is 0 Å². The molecule has 0 aliphatic carbocycles. The number of methoxy groups -OCH3 is 1. The maximum atomic E-state index is 11.9. The summed E-state index contributed by atoms with van der Waals surface area (Å²) in [6.07, 6.45) is 3.82. The Kier molecular flexibility index (Phi) is 7.95. The van der Waals surface area contributed by atoms with E-state index in [1.165, 1.54) is 0 Å². The molecule has 1 aromatic rings. The summed E-state index contributed by atoms with van der Waals surface area (Å²) in [6, 6.07) is 7.24. The van der Waals surface area contributed by atoms with Crippen molar-refractivity contribution in [3.63, 3.8) is 0 Å². The molecule has 0 amide bonds. The van der Waals surface area contributed by atoms with Crippen molar-refractivity contribution in [1.82, 2.24) is 0 Å². The fraction of sp³-hybridized carbons (Fsp3) is 0.533. The van der Waals surface area contributed by atoms with E-state index in [0.717, 1.165) is 30.0 Å². The zero-order valence-corrected chi connectivity index (χ0v) is 13.2. The largest absolute Gasteiger partial charge is 0.497 e. The first-order valence-corrected chi connectivity index (χ1v) is 8.16. The number of esters is 1. The standard InChI is InChI=1S/C15H23NO3S/c1-4-19-15(17)14(6-5-11-20-3)16-12-7-9-13(18-2)10-8-12/h7-10,14,16H,4-6,11H2,1-3H3. The van der Waals surface area contributed by atoms with Crippen LogP contribution in [0.15, 0.2) is 24.3 Å². The third-order valence-electron chi connectivity index (χ3n) is 2.84. The molecule has 0 saturated carbocycles. The molecular weight excluding hydrogens is 274 g/mol. The predicted molar refractivity (Wildman–Crippen MR) is 84.7 cm³/mol. The lowest BCUT2D eigenvalue weighted by Crippen LogP contribution is -2.31. The van der Waals surface area contributed by atoms with E-state index in [1.807, 2.05) is 31.2 Å². The van der Waals surface area contributed by atoms with Gasteiger partial charge in [-0.1, -0.05) is 0 Å². The average Bonchev–Trinajstić information content (AvgIpc) is 2.47. The predicted octanol–water partition coefficient (Wildman–Crippen LogP) is 3.18. The summed E-state index contributed by atoms with van der Waals surface area (Å²) < 4.78 is 10.2.